The molecule has 0 bridgehead atoms. The van der Waals surface area contributed by atoms with E-state index in [1.807, 2.05) is 6.07 Å². The number of hydrogen-bond donors (Lipinski definition) is 3. The lowest BCUT2D eigenvalue weighted by molar-refractivity contribution is 0.142. The summed E-state index contributed by atoms with van der Waals surface area (Å²) in [5, 5.41) is 21.6. The second-order valence-corrected chi connectivity index (χ2v) is 4.95. The van der Waals surface area contributed by atoms with Gasteiger partial charge in [-0.05, 0) is 18.9 Å². The van der Waals surface area contributed by atoms with Crippen LogP contribution in [0.5, 0.6) is 0 Å². The lowest BCUT2D eigenvalue weighted by atomic mass is 9.87. The fourth-order valence-electron chi connectivity index (χ4n) is 2.50. The number of nitrogens with one attached hydrogen (secondary N) is 1. The summed E-state index contributed by atoms with van der Waals surface area (Å²) >= 11 is 0. The maximum absolute atomic E-state index is 9.52. The summed E-state index contributed by atoms with van der Waals surface area (Å²) in [6.45, 7) is 0.827. The third kappa shape index (κ3) is 2.39. The van der Waals surface area contributed by atoms with Crippen molar-refractivity contribution in [2.75, 3.05) is 24.2 Å². The van der Waals surface area contributed by atoms with Crippen molar-refractivity contribution in [1.82, 2.24) is 4.98 Å². The van der Waals surface area contributed by atoms with Gasteiger partial charge in [-0.15, -0.1) is 0 Å². The quantitative estimate of drug-likeness (QED) is 0.748. The molecule has 0 saturated heterocycles. The molecular formula is C13H18N4O. The number of nitrogens with two attached hydrogens (primary N) is 1. The number of pyridine rings is 1. The van der Waals surface area contributed by atoms with E-state index in [2.05, 4.69) is 10.3 Å². The molecule has 0 atom stereocenters. The van der Waals surface area contributed by atoms with Crippen LogP contribution in [-0.2, 0) is 0 Å². The number of nitriles is 1. The second-order valence-electron chi connectivity index (χ2n) is 4.95. The molecule has 5 heteroatoms. The molecule has 1 aliphatic carbocycles. The van der Waals surface area contributed by atoms with E-state index in [-0.39, 0.29) is 12.0 Å². The van der Waals surface area contributed by atoms with Crippen molar-refractivity contribution in [2.24, 2.45) is 5.41 Å². The molecule has 5 nitrogen and oxygen atoms in total. The standard InChI is InChI=1S/C13H18N4O/c14-7-10-3-6-16-12(11(10)15)17-8-13(9-18)4-1-2-5-13/h3,6,18H,1-2,4-5,8-9,15H2,(H,16,17). The minimum absolute atomic E-state index is 0.0588. The van der Waals surface area contributed by atoms with Gasteiger partial charge in [0, 0.05) is 18.2 Å². The van der Waals surface area contributed by atoms with Crippen LogP contribution in [0.15, 0.2) is 12.3 Å². The van der Waals surface area contributed by atoms with Crippen molar-refractivity contribution in [2.45, 2.75) is 25.7 Å². The first-order valence-electron chi connectivity index (χ1n) is 6.20. The number of rotatable bonds is 4. The number of anilines is 2. The first kappa shape index (κ1) is 12.7. The van der Waals surface area contributed by atoms with E-state index in [1.54, 1.807) is 12.3 Å². The topological polar surface area (TPSA) is 95.0 Å². The van der Waals surface area contributed by atoms with Gasteiger partial charge in [0.25, 0.3) is 0 Å². The summed E-state index contributed by atoms with van der Waals surface area (Å²) in [6.07, 6.45) is 5.92. The molecule has 96 valence electrons. The largest absolute Gasteiger partial charge is 0.396 e. The van der Waals surface area contributed by atoms with Crippen molar-refractivity contribution >= 4 is 11.5 Å². The van der Waals surface area contributed by atoms with Gasteiger partial charge in [-0.2, -0.15) is 5.26 Å². The van der Waals surface area contributed by atoms with Crippen molar-refractivity contribution in [3.8, 4) is 6.07 Å². The third-order valence-corrected chi connectivity index (χ3v) is 3.74. The summed E-state index contributed by atoms with van der Waals surface area (Å²) < 4.78 is 0. The van der Waals surface area contributed by atoms with Crippen molar-refractivity contribution in [3.05, 3.63) is 17.8 Å². The van der Waals surface area contributed by atoms with Crippen LogP contribution in [0, 0.1) is 16.7 Å². The molecule has 0 aromatic carbocycles. The number of aliphatic hydroxyl groups excluding tert-OH is 1. The van der Waals surface area contributed by atoms with Crippen molar-refractivity contribution < 1.29 is 5.11 Å². The Morgan fingerprint density at radius 1 is 1.50 bits per heavy atom. The number of hydrogen-bond acceptors (Lipinski definition) is 5. The predicted molar refractivity (Wildman–Crippen MR) is 69.8 cm³/mol. The van der Waals surface area contributed by atoms with Crippen LogP contribution in [0.3, 0.4) is 0 Å². The SMILES string of the molecule is N#Cc1ccnc(NCC2(CO)CCCC2)c1N. The zero-order chi connectivity index (χ0) is 13.0. The fourth-order valence-corrected chi connectivity index (χ4v) is 2.50. The average Bonchev–Trinajstić information content (AvgIpc) is 2.87. The van der Waals surface area contributed by atoms with Crippen molar-refractivity contribution in [3.63, 3.8) is 0 Å². The highest BCUT2D eigenvalue weighted by atomic mass is 16.3. The molecule has 1 heterocycles. The van der Waals surface area contributed by atoms with Crippen LogP contribution in [-0.4, -0.2) is 23.2 Å². The Hall–Kier alpha value is -1.80. The van der Waals surface area contributed by atoms with Gasteiger partial charge in [-0.3, -0.25) is 0 Å². The van der Waals surface area contributed by atoms with E-state index in [0.717, 1.165) is 25.7 Å². The van der Waals surface area contributed by atoms with Crippen LogP contribution in [0.2, 0.25) is 0 Å². The summed E-state index contributed by atoms with van der Waals surface area (Å²) in [4.78, 5) is 4.14. The molecule has 1 aromatic heterocycles. The maximum atomic E-state index is 9.52. The van der Waals surface area contributed by atoms with Gasteiger partial charge in [0.15, 0.2) is 5.82 Å². The lowest BCUT2D eigenvalue weighted by Crippen LogP contribution is -2.31. The molecule has 0 amide bonds. The first-order valence-corrected chi connectivity index (χ1v) is 6.20. The van der Waals surface area contributed by atoms with E-state index >= 15 is 0 Å². The minimum atomic E-state index is -0.0588. The monoisotopic (exact) mass is 246 g/mol. The van der Waals surface area contributed by atoms with Crippen LogP contribution in [0.1, 0.15) is 31.2 Å². The second kappa shape index (κ2) is 5.23. The molecule has 0 aliphatic heterocycles. The van der Waals surface area contributed by atoms with E-state index in [1.165, 1.54) is 0 Å². The van der Waals surface area contributed by atoms with Crippen LogP contribution < -0.4 is 11.1 Å². The van der Waals surface area contributed by atoms with Crippen LogP contribution in [0.25, 0.3) is 0 Å². The average molecular weight is 246 g/mol. The Balaban J connectivity index is 2.08. The molecule has 0 radical (unpaired) electrons. The Bertz CT molecular complexity index is 461. The third-order valence-electron chi connectivity index (χ3n) is 3.74. The van der Waals surface area contributed by atoms with Gasteiger partial charge in [0.2, 0.25) is 0 Å². The van der Waals surface area contributed by atoms with Gasteiger partial charge in [0.1, 0.15) is 6.07 Å². The predicted octanol–water partition coefficient (Wildman–Crippen LogP) is 1.50. The Labute approximate surface area is 107 Å². The Kier molecular flexibility index (Phi) is 3.68. The normalized spacial score (nSPS) is 17.3. The zero-order valence-electron chi connectivity index (χ0n) is 10.3. The molecule has 2 rings (SSSR count). The number of nitrogen functional groups attached to an aromatic ring is 1. The molecule has 4 N–H and O–H groups in total. The van der Waals surface area contributed by atoms with Crippen LogP contribution >= 0.6 is 0 Å². The highest BCUT2D eigenvalue weighted by molar-refractivity contribution is 5.68. The smallest absolute Gasteiger partial charge is 0.150 e. The molecule has 0 unspecified atom stereocenters. The van der Waals surface area contributed by atoms with Gasteiger partial charge < -0.3 is 16.2 Å². The number of nitrogens with zero attached hydrogens (tertiary/aromatic N) is 2. The van der Waals surface area contributed by atoms with Gasteiger partial charge in [-0.1, -0.05) is 12.8 Å². The summed E-state index contributed by atoms with van der Waals surface area (Å²) in [7, 11) is 0. The number of aromatic nitrogens is 1. The van der Waals surface area contributed by atoms with Crippen molar-refractivity contribution in [1.29, 1.82) is 5.26 Å². The molecule has 1 aromatic rings. The summed E-state index contributed by atoms with van der Waals surface area (Å²) in [5.41, 5.74) is 6.60. The van der Waals surface area contributed by atoms with Gasteiger partial charge in [-0.25, -0.2) is 4.98 Å². The number of aliphatic hydroxyl groups is 1. The minimum Gasteiger partial charge on any atom is -0.396 e. The molecule has 1 saturated carbocycles. The highest BCUT2D eigenvalue weighted by Gasteiger charge is 2.33. The molecule has 1 aliphatic rings. The van der Waals surface area contributed by atoms with Gasteiger partial charge in [0.05, 0.1) is 17.9 Å². The van der Waals surface area contributed by atoms with E-state index < -0.39 is 0 Å². The fraction of sp³-hybridized carbons (Fsp3) is 0.538. The maximum Gasteiger partial charge on any atom is 0.150 e. The summed E-state index contributed by atoms with van der Waals surface area (Å²) in [5.74, 6) is 0.536. The molecule has 0 spiro atoms. The molecule has 1 fully saturated rings. The first-order chi connectivity index (χ1) is 8.71. The molecule has 18 heavy (non-hydrogen) atoms. The lowest BCUT2D eigenvalue weighted by Gasteiger charge is -2.27. The Morgan fingerprint density at radius 3 is 2.83 bits per heavy atom. The van der Waals surface area contributed by atoms with E-state index in [0.29, 0.717) is 23.6 Å². The van der Waals surface area contributed by atoms with Crippen LogP contribution in [0.4, 0.5) is 11.5 Å². The van der Waals surface area contributed by atoms with Gasteiger partial charge >= 0.3 is 0 Å². The Morgan fingerprint density at radius 2 is 2.22 bits per heavy atom. The van der Waals surface area contributed by atoms with E-state index in [9.17, 15) is 5.11 Å². The van der Waals surface area contributed by atoms with E-state index in [4.69, 9.17) is 11.0 Å². The highest BCUT2D eigenvalue weighted by Crippen LogP contribution is 2.37. The summed E-state index contributed by atoms with van der Waals surface area (Å²) in [6, 6.07) is 3.63. The molecular weight excluding hydrogens is 228 g/mol. The zero-order valence-corrected chi connectivity index (χ0v) is 10.3.